The Balaban J connectivity index is 2.45. The van der Waals surface area contributed by atoms with Gasteiger partial charge in [-0.2, -0.15) is 0 Å². The molecule has 2 rings (SSSR count). The normalized spacial score (nSPS) is 24.1. The van der Waals surface area contributed by atoms with Crippen LogP contribution in [-0.4, -0.2) is 53.8 Å². The van der Waals surface area contributed by atoms with Gasteiger partial charge in [0, 0.05) is 6.42 Å². The number of hydrogen-bond donors (Lipinski definition) is 4. The number of nitrogens with two attached hydrogens (primary N) is 1. The second-order valence-electron chi connectivity index (χ2n) is 10.5. The number of carbonyl (C=O) groups is 5. The molecule has 1 heterocycles. The van der Waals surface area contributed by atoms with E-state index in [4.69, 9.17) is 10.5 Å². The van der Waals surface area contributed by atoms with E-state index in [1.54, 1.807) is 0 Å². The molecule has 1 aliphatic heterocycles. The van der Waals surface area contributed by atoms with Crippen LogP contribution in [0.15, 0.2) is 30.3 Å². The van der Waals surface area contributed by atoms with Crippen molar-refractivity contribution >= 4 is 29.6 Å². The average Bonchev–Trinajstić information content (AvgIpc) is 2.85. The van der Waals surface area contributed by atoms with Crippen LogP contribution in [0, 0.1) is 11.8 Å². The molecule has 38 heavy (non-hydrogen) atoms. The maximum Gasteiger partial charge on any atom is 0.328 e. The molecule has 10 nitrogen and oxygen atoms in total. The molecule has 0 saturated carbocycles. The van der Waals surface area contributed by atoms with E-state index >= 15 is 0 Å². The number of amides is 4. The minimum absolute atomic E-state index is 0.0298. The van der Waals surface area contributed by atoms with Crippen LogP contribution in [0.5, 0.6) is 0 Å². The lowest BCUT2D eigenvalue weighted by Gasteiger charge is -2.27. The van der Waals surface area contributed by atoms with E-state index in [2.05, 4.69) is 22.9 Å². The standard InChI is InChI=1S/C28H42N4O6/c1-5-6-10-18(4)23-16-25(34)30-20(14-19-11-8-7-9-12-19)26(35)31-21(15-24(29)33)27(36)32-22(13-17(2)3)28(37)38-23/h7-9,11-12,17-18,20-23H,5-6,10,13-16H2,1-4H3,(H2,29,33)(H,30,34)(H,31,35)(H,32,36)/t18-,20+,21-,22+,23-/m0/s1. The number of carbonyl (C=O) groups excluding carboxylic acids is 5. The lowest BCUT2D eigenvalue weighted by Crippen LogP contribution is -2.56. The van der Waals surface area contributed by atoms with Gasteiger partial charge in [-0.1, -0.05) is 70.9 Å². The van der Waals surface area contributed by atoms with E-state index in [9.17, 15) is 24.0 Å². The summed E-state index contributed by atoms with van der Waals surface area (Å²) < 4.78 is 5.84. The summed E-state index contributed by atoms with van der Waals surface area (Å²) in [5.41, 5.74) is 6.15. The van der Waals surface area contributed by atoms with E-state index in [0.29, 0.717) is 0 Å². The van der Waals surface area contributed by atoms with Crippen molar-refractivity contribution in [2.24, 2.45) is 17.6 Å². The van der Waals surface area contributed by atoms with Gasteiger partial charge in [0.25, 0.3) is 0 Å². The highest BCUT2D eigenvalue weighted by atomic mass is 16.5. The van der Waals surface area contributed by atoms with Crippen molar-refractivity contribution in [1.82, 2.24) is 16.0 Å². The van der Waals surface area contributed by atoms with Crippen LogP contribution in [0.25, 0.3) is 0 Å². The molecule has 0 bridgehead atoms. The van der Waals surface area contributed by atoms with Gasteiger partial charge in [0.2, 0.25) is 23.6 Å². The monoisotopic (exact) mass is 530 g/mol. The van der Waals surface area contributed by atoms with Crippen molar-refractivity contribution in [3.63, 3.8) is 0 Å². The van der Waals surface area contributed by atoms with Gasteiger partial charge in [-0.15, -0.1) is 0 Å². The van der Waals surface area contributed by atoms with Crippen molar-refractivity contribution in [3.8, 4) is 0 Å². The molecule has 10 heteroatoms. The van der Waals surface area contributed by atoms with E-state index in [1.807, 2.05) is 51.1 Å². The number of unbranched alkanes of at least 4 members (excludes halogenated alkanes) is 1. The number of cyclic esters (lactones) is 1. The highest BCUT2D eigenvalue weighted by Gasteiger charge is 2.35. The minimum atomic E-state index is -1.32. The van der Waals surface area contributed by atoms with E-state index in [1.165, 1.54) is 0 Å². The first kappa shape index (κ1) is 30.8. The van der Waals surface area contributed by atoms with Gasteiger partial charge >= 0.3 is 5.97 Å². The number of hydrogen-bond acceptors (Lipinski definition) is 6. The van der Waals surface area contributed by atoms with Crippen LogP contribution in [-0.2, 0) is 35.1 Å². The largest absolute Gasteiger partial charge is 0.460 e. The second kappa shape index (κ2) is 15.1. The molecule has 0 radical (unpaired) electrons. The molecule has 4 amide bonds. The quantitative estimate of drug-likeness (QED) is 0.338. The Kier molecular flexibility index (Phi) is 12.2. The van der Waals surface area contributed by atoms with Gasteiger partial charge < -0.3 is 26.4 Å². The number of primary amides is 1. The molecule has 210 valence electrons. The summed E-state index contributed by atoms with van der Waals surface area (Å²) in [6.45, 7) is 7.77. The van der Waals surface area contributed by atoms with Crippen LogP contribution >= 0.6 is 0 Å². The highest BCUT2D eigenvalue weighted by molar-refractivity contribution is 5.96. The van der Waals surface area contributed by atoms with Crippen LogP contribution in [0.2, 0.25) is 0 Å². The molecule has 5 N–H and O–H groups in total. The zero-order valence-corrected chi connectivity index (χ0v) is 22.8. The van der Waals surface area contributed by atoms with Crippen molar-refractivity contribution in [1.29, 1.82) is 0 Å². The van der Waals surface area contributed by atoms with Gasteiger partial charge in [-0.3, -0.25) is 19.2 Å². The molecule has 0 unspecified atom stereocenters. The molecular formula is C28H42N4O6. The predicted molar refractivity (Wildman–Crippen MR) is 142 cm³/mol. The van der Waals surface area contributed by atoms with Gasteiger partial charge in [0.15, 0.2) is 0 Å². The van der Waals surface area contributed by atoms with Crippen LogP contribution in [0.1, 0.15) is 71.8 Å². The van der Waals surface area contributed by atoms with Crippen molar-refractivity contribution in [2.45, 2.75) is 96.9 Å². The zero-order chi connectivity index (χ0) is 28.2. The Morgan fingerprint density at radius 2 is 1.61 bits per heavy atom. The fraction of sp³-hybridized carbons (Fsp3) is 0.607. The Morgan fingerprint density at radius 1 is 0.974 bits per heavy atom. The van der Waals surface area contributed by atoms with Crippen LogP contribution in [0.4, 0.5) is 0 Å². The molecule has 1 aromatic rings. The number of ether oxygens (including phenoxy) is 1. The molecule has 1 aliphatic rings. The molecule has 0 aromatic heterocycles. The van der Waals surface area contributed by atoms with Gasteiger partial charge in [-0.25, -0.2) is 4.79 Å². The van der Waals surface area contributed by atoms with Crippen molar-refractivity contribution in [2.75, 3.05) is 0 Å². The fourth-order valence-electron chi connectivity index (χ4n) is 4.44. The van der Waals surface area contributed by atoms with Crippen LogP contribution < -0.4 is 21.7 Å². The summed E-state index contributed by atoms with van der Waals surface area (Å²) in [5, 5.41) is 7.96. The maximum atomic E-state index is 13.3. The first-order valence-corrected chi connectivity index (χ1v) is 13.4. The second-order valence-corrected chi connectivity index (χ2v) is 10.5. The van der Waals surface area contributed by atoms with E-state index in [0.717, 1.165) is 24.8 Å². The minimum Gasteiger partial charge on any atom is -0.460 e. The van der Waals surface area contributed by atoms with E-state index in [-0.39, 0.29) is 31.1 Å². The molecule has 1 saturated heterocycles. The Hall–Kier alpha value is -3.43. The average molecular weight is 531 g/mol. The van der Waals surface area contributed by atoms with Gasteiger partial charge in [-0.05, 0) is 30.2 Å². The first-order valence-electron chi connectivity index (χ1n) is 13.4. The van der Waals surface area contributed by atoms with Crippen molar-refractivity contribution < 1.29 is 28.7 Å². The van der Waals surface area contributed by atoms with Crippen LogP contribution in [0.3, 0.4) is 0 Å². The first-order chi connectivity index (χ1) is 18.0. The van der Waals surface area contributed by atoms with E-state index < -0.39 is 60.2 Å². The Labute approximate surface area is 224 Å². The molecular weight excluding hydrogens is 488 g/mol. The lowest BCUT2D eigenvalue weighted by atomic mass is 9.95. The highest BCUT2D eigenvalue weighted by Crippen LogP contribution is 2.21. The summed E-state index contributed by atoms with van der Waals surface area (Å²) >= 11 is 0. The number of rotatable bonds is 10. The number of esters is 1. The molecule has 1 fully saturated rings. The molecule has 1 aromatic carbocycles. The third kappa shape index (κ3) is 10.1. The van der Waals surface area contributed by atoms with Crippen molar-refractivity contribution in [3.05, 3.63) is 35.9 Å². The summed E-state index contributed by atoms with van der Waals surface area (Å²) in [6.07, 6.45) is 1.71. The SMILES string of the molecule is CCCC[C@H](C)[C@@H]1CC(=O)N[C@H](Cc2ccccc2)C(=O)N[C@@H](CC(N)=O)C(=O)N[C@H](CC(C)C)C(=O)O1. The Bertz CT molecular complexity index is 967. The Morgan fingerprint density at radius 3 is 2.21 bits per heavy atom. The smallest absolute Gasteiger partial charge is 0.328 e. The maximum absolute atomic E-state index is 13.3. The number of benzene rings is 1. The molecule has 5 atom stereocenters. The fourth-order valence-corrected chi connectivity index (χ4v) is 4.44. The summed E-state index contributed by atoms with van der Waals surface area (Å²) in [6, 6.07) is 5.75. The van der Waals surface area contributed by atoms with Gasteiger partial charge in [0.1, 0.15) is 24.2 Å². The predicted octanol–water partition coefficient (Wildman–Crippen LogP) is 1.75. The lowest BCUT2D eigenvalue weighted by molar-refractivity contribution is -0.157. The third-order valence-electron chi connectivity index (χ3n) is 6.58. The van der Waals surface area contributed by atoms with Gasteiger partial charge in [0.05, 0.1) is 12.8 Å². The number of nitrogens with one attached hydrogen (secondary N) is 3. The third-order valence-corrected chi connectivity index (χ3v) is 6.58. The topological polar surface area (TPSA) is 157 Å². The molecule has 0 aliphatic carbocycles. The zero-order valence-electron chi connectivity index (χ0n) is 22.8. The molecule has 0 spiro atoms. The summed E-state index contributed by atoms with van der Waals surface area (Å²) in [4.78, 5) is 64.7. The summed E-state index contributed by atoms with van der Waals surface area (Å²) in [7, 11) is 0. The summed E-state index contributed by atoms with van der Waals surface area (Å²) in [5.74, 6) is -3.35.